The van der Waals surface area contributed by atoms with E-state index >= 15 is 0 Å². The van der Waals surface area contributed by atoms with Crippen molar-refractivity contribution in [2.24, 2.45) is 4.99 Å². The number of nitrogens with zero attached hydrogens (tertiary/aromatic N) is 1. The Labute approximate surface area is 140 Å². The molecular weight excluding hydrogens is 315 g/mol. The van der Waals surface area contributed by atoms with Gasteiger partial charge in [0.05, 0.1) is 16.1 Å². The highest BCUT2D eigenvalue weighted by molar-refractivity contribution is 6.42. The number of aliphatic imine (C=N–C) groups is 1. The summed E-state index contributed by atoms with van der Waals surface area (Å²) >= 11 is 12.3. The first-order valence-corrected chi connectivity index (χ1v) is 8.30. The minimum Gasteiger partial charge on any atom is -0.343 e. The molecular formula is C18H16Cl2N2. The minimum atomic E-state index is 0.0915. The van der Waals surface area contributed by atoms with E-state index in [4.69, 9.17) is 28.2 Å². The zero-order chi connectivity index (χ0) is 15.3. The molecule has 0 saturated heterocycles. The number of hydrogen-bond donors (Lipinski definition) is 1. The van der Waals surface area contributed by atoms with Crippen LogP contribution in [0.15, 0.2) is 41.4 Å². The Bertz CT molecular complexity index is 783. The predicted molar refractivity (Wildman–Crippen MR) is 93.4 cm³/mol. The Morgan fingerprint density at radius 2 is 1.86 bits per heavy atom. The Balaban J connectivity index is 1.73. The zero-order valence-electron chi connectivity index (χ0n) is 12.2. The van der Waals surface area contributed by atoms with Crippen molar-refractivity contribution in [3.8, 4) is 0 Å². The lowest BCUT2D eigenvalue weighted by Crippen LogP contribution is -2.25. The van der Waals surface area contributed by atoms with E-state index < -0.39 is 0 Å². The van der Waals surface area contributed by atoms with E-state index in [-0.39, 0.29) is 6.04 Å². The number of fused-ring (bicyclic) bond motifs is 2. The first kappa shape index (κ1) is 14.1. The number of benzene rings is 2. The second-order valence-corrected chi connectivity index (χ2v) is 6.77. The number of nitrogens with one attached hydrogen (secondary N) is 1. The van der Waals surface area contributed by atoms with Crippen molar-refractivity contribution in [1.29, 1.82) is 0 Å². The molecule has 4 heteroatoms. The van der Waals surface area contributed by atoms with Gasteiger partial charge in [0.25, 0.3) is 0 Å². The van der Waals surface area contributed by atoms with Crippen molar-refractivity contribution in [1.82, 2.24) is 0 Å². The maximum atomic E-state index is 6.17. The lowest BCUT2D eigenvalue weighted by molar-refractivity contribution is 0.773. The Morgan fingerprint density at radius 3 is 2.73 bits per heavy atom. The van der Waals surface area contributed by atoms with E-state index in [0.29, 0.717) is 16.0 Å². The fourth-order valence-electron chi connectivity index (χ4n) is 3.48. The van der Waals surface area contributed by atoms with Gasteiger partial charge in [0.15, 0.2) is 0 Å². The minimum absolute atomic E-state index is 0.0915. The first-order chi connectivity index (χ1) is 10.6. The molecule has 2 nitrogen and oxygen atoms in total. The number of anilines is 1. The highest BCUT2D eigenvalue weighted by atomic mass is 35.5. The number of halogens is 2. The number of hydrogen-bond acceptors (Lipinski definition) is 2. The Hall–Kier alpha value is -1.51. The molecule has 1 aliphatic heterocycles. The molecule has 1 N–H and O–H groups in total. The van der Waals surface area contributed by atoms with Crippen LogP contribution in [0.5, 0.6) is 0 Å². The second-order valence-electron chi connectivity index (χ2n) is 5.96. The van der Waals surface area contributed by atoms with Crippen molar-refractivity contribution < 1.29 is 0 Å². The average molecular weight is 331 g/mol. The molecule has 2 aromatic carbocycles. The molecule has 0 fully saturated rings. The van der Waals surface area contributed by atoms with Gasteiger partial charge in [-0.3, -0.25) is 4.99 Å². The molecule has 0 bridgehead atoms. The van der Waals surface area contributed by atoms with Crippen LogP contribution in [0.2, 0.25) is 10.0 Å². The molecule has 22 heavy (non-hydrogen) atoms. The SMILES string of the molecule is CC1N=C(C2CCc3ccccc32)Nc2cc(Cl)c(Cl)cc21. The lowest BCUT2D eigenvalue weighted by Gasteiger charge is -2.27. The molecule has 1 aliphatic carbocycles. The summed E-state index contributed by atoms with van der Waals surface area (Å²) in [6.07, 6.45) is 2.22. The van der Waals surface area contributed by atoms with E-state index in [1.54, 1.807) is 0 Å². The van der Waals surface area contributed by atoms with Crippen LogP contribution in [0.3, 0.4) is 0 Å². The van der Waals surface area contributed by atoms with Gasteiger partial charge >= 0.3 is 0 Å². The number of rotatable bonds is 1. The van der Waals surface area contributed by atoms with Crippen LogP contribution >= 0.6 is 23.2 Å². The van der Waals surface area contributed by atoms with Crippen molar-refractivity contribution in [2.75, 3.05) is 5.32 Å². The molecule has 0 aromatic heterocycles. The fraction of sp³-hybridized carbons (Fsp3) is 0.278. The van der Waals surface area contributed by atoms with Gasteiger partial charge in [-0.2, -0.15) is 0 Å². The maximum absolute atomic E-state index is 6.17. The Morgan fingerprint density at radius 1 is 1.09 bits per heavy atom. The molecule has 0 radical (unpaired) electrons. The summed E-state index contributed by atoms with van der Waals surface area (Å²) in [5, 5.41) is 4.64. The molecule has 0 amide bonds. The quantitative estimate of drug-likeness (QED) is 0.722. The van der Waals surface area contributed by atoms with Crippen molar-refractivity contribution in [3.63, 3.8) is 0 Å². The van der Waals surface area contributed by atoms with Gasteiger partial charge in [-0.25, -0.2) is 0 Å². The van der Waals surface area contributed by atoms with Gasteiger partial charge in [0.1, 0.15) is 5.84 Å². The molecule has 1 heterocycles. The average Bonchev–Trinajstić information content (AvgIpc) is 2.93. The van der Waals surface area contributed by atoms with E-state index in [2.05, 4.69) is 36.5 Å². The van der Waals surface area contributed by atoms with Crippen LogP contribution in [-0.2, 0) is 6.42 Å². The van der Waals surface area contributed by atoms with Crippen molar-refractivity contribution in [2.45, 2.75) is 31.7 Å². The first-order valence-electron chi connectivity index (χ1n) is 7.55. The molecule has 2 atom stereocenters. The molecule has 2 unspecified atom stereocenters. The maximum Gasteiger partial charge on any atom is 0.109 e. The van der Waals surface area contributed by atoms with Crippen LogP contribution in [0.1, 0.15) is 42.0 Å². The van der Waals surface area contributed by atoms with Gasteiger partial charge in [-0.15, -0.1) is 0 Å². The van der Waals surface area contributed by atoms with Crippen LogP contribution in [0.25, 0.3) is 0 Å². The number of amidine groups is 1. The summed E-state index contributed by atoms with van der Waals surface area (Å²) in [4.78, 5) is 4.88. The molecule has 0 spiro atoms. The molecule has 0 saturated carbocycles. The summed E-state index contributed by atoms with van der Waals surface area (Å²) < 4.78 is 0. The highest BCUT2D eigenvalue weighted by Crippen LogP contribution is 2.40. The standard InChI is InChI=1S/C18H16Cl2N2/c1-10-14-8-15(19)16(20)9-17(14)22-18(21-10)13-7-6-11-4-2-3-5-12(11)13/h2-5,8-10,13H,6-7H2,1H3,(H,21,22). The van der Waals surface area contributed by atoms with Gasteiger partial charge in [0, 0.05) is 17.2 Å². The van der Waals surface area contributed by atoms with Crippen LogP contribution < -0.4 is 5.32 Å². The molecule has 2 aromatic rings. The van der Waals surface area contributed by atoms with Crippen LogP contribution in [0, 0.1) is 0 Å². The smallest absolute Gasteiger partial charge is 0.109 e. The van der Waals surface area contributed by atoms with Crippen molar-refractivity contribution in [3.05, 3.63) is 63.1 Å². The van der Waals surface area contributed by atoms with Gasteiger partial charge < -0.3 is 5.32 Å². The summed E-state index contributed by atoms with van der Waals surface area (Å²) in [5.74, 6) is 1.39. The second kappa shape index (κ2) is 5.29. The normalized spacial score (nSPS) is 22.6. The lowest BCUT2D eigenvalue weighted by atomic mass is 9.96. The molecule has 4 rings (SSSR count). The van der Waals surface area contributed by atoms with Gasteiger partial charge in [0.2, 0.25) is 0 Å². The summed E-state index contributed by atoms with van der Waals surface area (Å²) in [6, 6.07) is 12.6. The third-order valence-corrected chi connectivity index (χ3v) is 5.32. The predicted octanol–water partition coefficient (Wildman–Crippen LogP) is 5.61. The van der Waals surface area contributed by atoms with E-state index in [1.165, 1.54) is 11.1 Å². The summed E-state index contributed by atoms with van der Waals surface area (Å²) in [7, 11) is 0. The zero-order valence-corrected chi connectivity index (χ0v) is 13.7. The molecule has 112 valence electrons. The summed E-state index contributed by atoms with van der Waals surface area (Å²) in [6.45, 7) is 2.10. The topological polar surface area (TPSA) is 24.4 Å². The van der Waals surface area contributed by atoms with Crippen molar-refractivity contribution >= 4 is 34.7 Å². The Kier molecular flexibility index (Phi) is 3.39. The highest BCUT2D eigenvalue weighted by Gasteiger charge is 2.30. The van der Waals surface area contributed by atoms with Crippen LogP contribution in [0.4, 0.5) is 5.69 Å². The van der Waals surface area contributed by atoms with Gasteiger partial charge in [-0.1, -0.05) is 47.5 Å². The van der Waals surface area contributed by atoms with Gasteiger partial charge in [-0.05, 0) is 43.0 Å². The molecule has 2 aliphatic rings. The number of aryl methyl sites for hydroxylation is 1. The fourth-order valence-corrected chi connectivity index (χ4v) is 3.82. The monoisotopic (exact) mass is 330 g/mol. The van der Waals surface area contributed by atoms with E-state index in [1.807, 2.05) is 12.1 Å². The van der Waals surface area contributed by atoms with Crippen LogP contribution in [-0.4, -0.2) is 5.84 Å². The largest absolute Gasteiger partial charge is 0.343 e. The van der Waals surface area contributed by atoms with E-state index in [0.717, 1.165) is 29.9 Å². The third-order valence-electron chi connectivity index (χ3n) is 4.60. The third kappa shape index (κ3) is 2.22. The summed E-state index contributed by atoms with van der Waals surface area (Å²) in [5.41, 5.74) is 4.95. The van der Waals surface area contributed by atoms with E-state index in [9.17, 15) is 0 Å².